The molecule has 0 fully saturated rings. The average molecular weight is 266 g/mol. The molecule has 0 radical (unpaired) electrons. The van der Waals surface area contributed by atoms with E-state index in [-0.39, 0.29) is 0 Å². The predicted octanol–water partition coefficient (Wildman–Crippen LogP) is 3.85. The van der Waals surface area contributed by atoms with E-state index in [1.807, 2.05) is 13.1 Å². The summed E-state index contributed by atoms with van der Waals surface area (Å²) >= 11 is 7.83. The predicted molar refractivity (Wildman–Crippen MR) is 73.3 cm³/mol. The Morgan fingerprint density at radius 3 is 2.82 bits per heavy atom. The van der Waals surface area contributed by atoms with E-state index in [9.17, 15) is 4.79 Å². The molecule has 2 aromatic rings. The van der Waals surface area contributed by atoms with E-state index < -0.39 is 0 Å². The summed E-state index contributed by atoms with van der Waals surface area (Å²) in [4.78, 5) is 12.7. The lowest BCUT2D eigenvalue weighted by Crippen LogP contribution is -2.16. The molecule has 0 aliphatic rings. The van der Waals surface area contributed by atoms with Gasteiger partial charge >= 0.3 is 0 Å². The van der Waals surface area contributed by atoms with Crippen LogP contribution in [0.15, 0.2) is 35.0 Å². The fraction of sp³-hybridized carbons (Fsp3) is 0.154. The second kappa shape index (κ2) is 5.34. The zero-order valence-corrected chi connectivity index (χ0v) is 11.0. The number of aldehydes is 1. The number of carbonyl (C=O) groups is 1. The van der Waals surface area contributed by atoms with Crippen molar-refractivity contribution in [1.82, 2.24) is 0 Å². The van der Waals surface area contributed by atoms with Gasteiger partial charge in [-0.25, -0.2) is 0 Å². The Labute approximate surface area is 109 Å². The van der Waals surface area contributed by atoms with Crippen LogP contribution in [0.4, 0.5) is 5.69 Å². The Kier molecular flexibility index (Phi) is 3.82. The minimum absolute atomic E-state index is 0.600. The summed E-state index contributed by atoms with van der Waals surface area (Å²) in [6.07, 6.45) is 0.800. The van der Waals surface area contributed by atoms with Crippen molar-refractivity contribution in [2.45, 2.75) is 6.54 Å². The molecule has 88 valence electrons. The van der Waals surface area contributed by atoms with Crippen LogP contribution in [0.1, 0.15) is 15.9 Å². The van der Waals surface area contributed by atoms with Crippen LogP contribution in [0.25, 0.3) is 0 Å². The first-order valence-electron chi connectivity index (χ1n) is 5.17. The number of anilines is 1. The number of nitrogens with zero attached hydrogens (tertiary/aromatic N) is 1. The summed E-state index contributed by atoms with van der Waals surface area (Å²) in [7, 11) is 1.99. The second-order valence-electron chi connectivity index (χ2n) is 3.82. The van der Waals surface area contributed by atoms with E-state index >= 15 is 0 Å². The molecular weight excluding hydrogens is 254 g/mol. The second-order valence-corrected chi connectivity index (χ2v) is 5.00. The van der Waals surface area contributed by atoms with Crippen molar-refractivity contribution >= 4 is 34.9 Å². The molecule has 4 heteroatoms. The molecule has 0 aliphatic heterocycles. The van der Waals surface area contributed by atoms with Crippen LogP contribution in [0.2, 0.25) is 5.02 Å². The Balaban J connectivity index is 2.19. The largest absolute Gasteiger partial charge is 0.369 e. The third-order valence-electron chi connectivity index (χ3n) is 2.52. The van der Waals surface area contributed by atoms with Gasteiger partial charge in [0.25, 0.3) is 0 Å². The van der Waals surface area contributed by atoms with Crippen molar-refractivity contribution in [2.24, 2.45) is 0 Å². The Morgan fingerprint density at radius 2 is 2.24 bits per heavy atom. The van der Waals surface area contributed by atoms with Gasteiger partial charge in [-0.1, -0.05) is 11.6 Å². The quantitative estimate of drug-likeness (QED) is 0.783. The van der Waals surface area contributed by atoms with Crippen LogP contribution < -0.4 is 4.90 Å². The van der Waals surface area contributed by atoms with E-state index in [2.05, 4.69) is 21.7 Å². The van der Waals surface area contributed by atoms with Gasteiger partial charge in [0.1, 0.15) is 6.29 Å². The first kappa shape index (κ1) is 12.1. The molecule has 0 bridgehead atoms. The number of benzene rings is 1. The maximum Gasteiger partial charge on any atom is 0.150 e. The van der Waals surface area contributed by atoms with E-state index in [1.54, 1.807) is 23.5 Å². The van der Waals surface area contributed by atoms with Crippen LogP contribution in [0.3, 0.4) is 0 Å². The van der Waals surface area contributed by atoms with Crippen LogP contribution >= 0.6 is 22.9 Å². The lowest BCUT2D eigenvalue weighted by atomic mass is 10.2. The molecule has 0 N–H and O–H groups in total. The van der Waals surface area contributed by atoms with Crippen LogP contribution in [-0.2, 0) is 6.54 Å². The van der Waals surface area contributed by atoms with Crippen LogP contribution in [0.5, 0.6) is 0 Å². The summed E-state index contributed by atoms with van der Waals surface area (Å²) in [6, 6.07) is 7.43. The summed E-state index contributed by atoms with van der Waals surface area (Å²) < 4.78 is 0. The van der Waals surface area contributed by atoms with Gasteiger partial charge < -0.3 is 4.90 Å². The third kappa shape index (κ3) is 2.87. The topological polar surface area (TPSA) is 20.3 Å². The highest BCUT2D eigenvalue weighted by Gasteiger charge is 2.07. The zero-order chi connectivity index (χ0) is 12.3. The van der Waals surface area contributed by atoms with E-state index in [0.29, 0.717) is 10.6 Å². The summed E-state index contributed by atoms with van der Waals surface area (Å²) in [5, 5.41) is 4.78. The number of rotatable bonds is 4. The van der Waals surface area contributed by atoms with E-state index in [1.165, 1.54) is 5.56 Å². The molecule has 0 atom stereocenters. The normalized spacial score (nSPS) is 10.2. The van der Waals surface area contributed by atoms with Crippen molar-refractivity contribution in [1.29, 1.82) is 0 Å². The van der Waals surface area contributed by atoms with Gasteiger partial charge in [-0.15, -0.1) is 0 Å². The van der Waals surface area contributed by atoms with Crippen molar-refractivity contribution in [2.75, 3.05) is 11.9 Å². The van der Waals surface area contributed by atoms with Crippen molar-refractivity contribution < 1.29 is 4.79 Å². The maximum absolute atomic E-state index is 10.6. The minimum atomic E-state index is 0.600. The molecule has 2 nitrogen and oxygen atoms in total. The first-order chi connectivity index (χ1) is 8.20. The summed E-state index contributed by atoms with van der Waals surface area (Å²) in [5.74, 6) is 0. The Morgan fingerprint density at radius 1 is 1.41 bits per heavy atom. The number of hydrogen-bond donors (Lipinski definition) is 0. The zero-order valence-electron chi connectivity index (χ0n) is 9.39. The summed E-state index contributed by atoms with van der Waals surface area (Å²) in [6.45, 7) is 0.809. The summed E-state index contributed by atoms with van der Waals surface area (Å²) in [5.41, 5.74) is 2.79. The molecular formula is C13H12ClNOS. The highest BCUT2D eigenvalue weighted by Crippen LogP contribution is 2.27. The van der Waals surface area contributed by atoms with Gasteiger partial charge in [0.05, 0.1) is 10.7 Å². The number of halogens is 1. The highest BCUT2D eigenvalue weighted by molar-refractivity contribution is 7.07. The molecule has 0 aliphatic carbocycles. The highest BCUT2D eigenvalue weighted by atomic mass is 35.5. The van der Waals surface area contributed by atoms with Gasteiger partial charge in [-0.2, -0.15) is 11.3 Å². The smallest absolute Gasteiger partial charge is 0.150 e. The molecule has 2 rings (SSSR count). The number of hydrogen-bond acceptors (Lipinski definition) is 3. The first-order valence-corrected chi connectivity index (χ1v) is 6.49. The molecule has 1 aromatic carbocycles. The maximum atomic E-state index is 10.6. The van der Waals surface area contributed by atoms with Gasteiger partial charge in [0.15, 0.2) is 0 Å². The monoisotopic (exact) mass is 265 g/mol. The van der Waals surface area contributed by atoms with E-state index in [0.717, 1.165) is 18.5 Å². The third-order valence-corrected chi connectivity index (χ3v) is 3.55. The van der Waals surface area contributed by atoms with Crippen molar-refractivity contribution in [3.63, 3.8) is 0 Å². The van der Waals surface area contributed by atoms with Gasteiger partial charge in [0.2, 0.25) is 0 Å². The van der Waals surface area contributed by atoms with Gasteiger partial charge in [-0.3, -0.25) is 4.79 Å². The average Bonchev–Trinajstić information content (AvgIpc) is 2.81. The molecule has 0 saturated carbocycles. The molecule has 17 heavy (non-hydrogen) atoms. The molecule has 0 spiro atoms. The molecule has 0 saturated heterocycles. The minimum Gasteiger partial charge on any atom is -0.369 e. The Bertz CT molecular complexity index is 510. The SMILES string of the molecule is CN(Cc1ccsc1)c1ccc(C=O)cc1Cl. The Hall–Kier alpha value is -1.32. The fourth-order valence-electron chi connectivity index (χ4n) is 1.65. The van der Waals surface area contributed by atoms with Crippen LogP contribution in [-0.4, -0.2) is 13.3 Å². The molecule has 1 heterocycles. The molecule has 0 amide bonds. The number of thiophene rings is 1. The van der Waals surface area contributed by atoms with Crippen molar-refractivity contribution in [3.05, 3.63) is 51.2 Å². The van der Waals surface area contributed by atoms with Gasteiger partial charge in [-0.05, 0) is 40.6 Å². The van der Waals surface area contributed by atoms with Crippen LogP contribution in [0, 0.1) is 0 Å². The lowest BCUT2D eigenvalue weighted by Gasteiger charge is -2.20. The van der Waals surface area contributed by atoms with Crippen molar-refractivity contribution in [3.8, 4) is 0 Å². The van der Waals surface area contributed by atoms with Gasteiger partial charge in [0, 0.05) is 19.2 Å². The standard InChI is InChI=1S/C13H12ClNOS/c1-15(7-11-4-5-17-9-11)13-3-2-10(8-16)6-12(13)14/h2-6,8-9H,7H2,1H3. The molecule has 1 aromatic heterocycles. The molecule has 0 unspecified atom stereocenters. The number of carbonyl (C=O) groups excluding carboxylic acids is 1. The van der Waals surface area contributed by atoms with E-state index in [4.69, 9.17) is 11.6 Å². The lowest BCUT2D eigenvalue weighted by molar-refractivity contribution is 0.112. The fourth-order valence-corrected chi connectivity index (χ4v) is 2.64.